The Kier molecular flexibility index (Phi) is 4.54. The molecule has 2 atom stereocenters. The van der Waals surface area contributed by atoms with E-state index in [1.165, 1.54) is 0 Å². The standard InChI is InChI=1S/C11H23N3O/c1-8(2)9(3)13-11(15)7-14-5-4-10(12)6-14/h8-10H,4-7,12H2,1-3H3,(H,13,15)/t9?,10-/m1/s1. The highest BCUT2D eigenvalue weighted by molar-refractivity contribution is 5.78. The molecule has 1 amide bonds. The number of nitrogens with two attached hydrogens (primary N) is 1. The summed E-state index contributed by atoms with van der Waals surface area (Å²) in [7, 11) is 0. The Bertz CT molecular complexity index is 218. The van der Waals surface area contributed by atoms with Gasteiger partial charge in [-0.2, -0.15) is 0 Å². The Morgan fingerprint density at radius 1 is 1.53 bits per heavy atom. The van der Waals surface area contributed by atoms with Crippen molar-refractivity contribution in [3.05, 3.63) is 0 Å². The molecular formula is C11H23N3O. The SMILES string of the molecule is CC(C)C(C)NC(=O)CN1CC[C@@H](N)C1. The van der Waals surface area contributed by atoms with Crippen molar-refractivity contribution >= 4 is 5.91 Å². The number of amides is 1. The zero-order chi connectivity index (χ0) is 11.4. The summed E-state index contributed by atoms with van der Waals surface area (Å²) < 4.78 is 0. The number of hydrogen-bond donors (Lipinski definition) is 2. The molecule has 1 fully saturated rings. The van der Waals surface area contributed by atoms with Crippen LogP contribution in [-0.4, -0.2) is 42.5 Å². The number of nitrogens with one attached hydrogen (secondary N) is 1. The van der Waals surface area contributed by atoms with Gasteiger partial charge in [0.05, 0.1) is 6.54 Å². The predicted molar refractivity (Wildman–Crippen MR) is 61.5 cm³/mol. The van der Waals surface area contributed by atoms with Gasteiger partial charge in [0.15, 0.2) is 0 Å². The highest BCUT2D eigenvalue weighted by Crippen LogP contribution is 2.06. The van der Waals surface area contributed by atoms with E-state index in [2.05, 4.69) is 24.1 Å². The van der Waals surface area contributed by atoms with Crippen LogP contribution in [0.1, 0.15) is 27.2 Å². The summed E-state index contributed by atoms with van der Waals surface area (Å²) in [6, 6.07) is 0.495. The van der Waals surface area contributed by atoms with Crippen LogP contribution in [0.5, 0.6) is 0 Å². The van der Waals surface area contributed by atoms with Crippen molar-refractivity contribution in [1.82, 2.24) is 10.2 Å². The third kappa shape index (κ3) is 4.18. The van der Waals surface area contributed by atoms with Crippen molar-refractivity contribution in [2.45, 2.75) is 39.3 Å². The Hall–Kier alpha value is -0.610. The second-order valence-corrected chi connectivity index (χ2v) is 4.88. The van der Waals surface area contributed by atoms with Crippen LogP contribution in [0, 0.1) is 5.92 Å². The fraction of sp³-hybridized carbons (Fsp3) is 0.909. The first-order chi connectivity index (χ1) is 6.99. The van der Waals surface area contributed by atoms with Crippen LogP contribution in [0.2, 0.25) is 0 Å². The van der Waals surface area contributed by atoms with Crippen molar-refractivity contribution in [2.24, 2.45) is 11.7 Å². The minimum Gasteiger partial charge on any atom is -0.352 e. The van der Waals surface area contributed by atoms with Crippen LogP contribution in [-0.2, 0) is 4.79 Å². The van der Waals surface area contributed by atoms with Crippen molar-refractivity contribution in [3.63, 3.8) is 0 Å². The fourth-order valence-electron chi connectivity index (χ4n) is 1.68. The van der Waals surface area contributed by atoms with Gasteiger partial charge in [0, 0.05) is 25.2 Å². The molecule has 88 valence electrons. The maximum atomic E-state index is 11.6. The molecule has 0 aromatic carbocycles. The van der Waals surface area contributed by atoms with E-state index < -0.39 is 0 Å². The average Bonchev–Trinajstić information content (AvgIpc) is 2.50. The zero-order valence-electron chi connectivity index (χ0n) is 9.99. The van der Waals surface area contributed by atoms with E-state index in [9.17, 15) is 4.79 Å². The maximum Gasteiger partial charge on any atom is 0.234 e. The lowest BCUT2D eigenvalue weighted by Crippen LogP contribution is -2.42. The van der Waals surface area contributed by atoms with Gasteiger partial charge in [-0.1, -0.05) is 13.8 Å². The summed E-state index contributed by atoms with van der Waals surface area (Å²) in [6.45, 7) is 8.55. The van der Waals surface area contributed by atoms with Crippen LogP contribution >= 0.6 is 0 Å². The number of hydrogen-bond acceptors (Lipinski definition) is 3. The summed E-state index contributed by atoms with van der Waals surface area (Å²) >= 11 is 0. The molecule has 0 aromatic rings. The summed E-state index contributed by atoms with van der Waals surface area (Å²) in [6.07, 6.45) is 1.01. The van der Waals surface area contributed by atoms with Crippen LogP contribution in [0.4, 0.5) is 0 Å². The molecular weight excluding hydrogens is 190 g/mol. The van der Waals surface area contributed by atoms with Gasteiger partial charge in [0.25, 0.3) is 0 Å². The van der Waals surface area contributed by atoms with Gasteiger partial charge in [-0.3, -0.25) is 9.69 Å². The summed E-state index contributed by atoms with van der Waals surface area (Å²) in [4.78, 5) is 13.7. The van der Waals surface area contributed by atoms with Gasteiger partial charge in [-0.25, -0.2) is 0 Å². The largest absolute Gasteiger partial charge is 0.352 e. The van der Waals surface area contributed by atoms with Crippen LogP contribution in [0.3, 0.4) is 0 Å². The monoisotopic (exact) mass is 213 g/mol. The zero-order valence-corrected chi connectivity index (χ0v) is 9.99. The molecule has 0 saturated carbocycles. The second kappa shape index (κ2) is 5.47. The quantitative estimate of drug-likeness (QED) is 0.700. The minimum atomic E-state index is 0.116. The van der Waals surface area contributed by atoms with Crippen molar-refractivity contribution in [2.75, 3.05) is 19.6 Å². The normalized spacial score (nSPS) is 24.5. The van der Waals surface area contributed by atoms with Gasteiger partial charge >= 0.3 is 0 Å². The molecule has 4 heteroatoms. The predicted octanol–water partition coefficient (Wildman–Crippen LogP) is 0.180. The molecule has 1 rings (SSSR count). The topological polar surface area (TPSA) is 58.4 Å². The first kappa shape index (κ1) is 12.5. The summed E-state index contributed by atoms with van der Waals surface area (Å²) in [5, 5.41) is 3.00. The fourth-order valence-corrected chi connectivity index (χ4v) is 1.68. The average molecular weight is 213 g/mol. The Balaban J connectivity index is 2.24. The molecule has 1 aliphatic rings. The molecule has 4 nitrogen and oxygen atoms in total. The van der Waals surface area contributed by atoms with E-state index in [-0.39, 0.29) is 18.0 Å². The Morgan fingerprint density at radius 2 is 2.20 bits per heavy atom. The van der Waals surface area contributed by atoms with Crippen LogP contribution < -0.4 is 11.1 Å². The van der Waals surface area contributed by atoms with E-state index in [1.807, 2.05) is 6.92 Å². The maximum absolute atomic E-state index is 11.6. The summed E-state index contributed by atoms with van der Waals surface area (Å²) in [5.74, 6) is 0.597. The Morgan fingerprint density at radius 3 is 2.67 bits per heavy atom. The van der Waals surface area contributed by atoms with Crippen LogP contribution in [0.15, 0.2) is 0 Å². The summed E-state index contributed by atoms with van der Waals surface area (Å²) in [5.41, 5.74) is 5.78. The number of nitrogens with zero attached hydrogens (tertiary/aromatic N) is 1. The van der Waals surface area contributed by atoms with Crippen LogP contribution in [0.25, 0.3) is 0 Å². The number of carbonyl (C=O) groups is 1. The number of likely N-dealkylation sites (tertiary alicyclic amines) is 1. The Labute approximate surface area is 92.2 Å². The first-order valence-corrected chi connectivity index (χ1v) is 5.76. The van der Waals surface area contributed by atoms with Crippen molar-refractivity contribution in [1.29, 1.82) is 0 Å². The number of carbonyl (C=O) groups excluding carboxylic acids is 1. The minimum absolute atomic E-state index is 0.116. The van der Waals surface area contributed by atoms with Crippen molar-refractivity contribution in [3.8, 4) is 0 Å². The molecule has 0 aliphatic carbocycles. The van der Waals surface area contributed by atoms with Gasteiger partial charge in [-0.05, 0) is 19.3 Å². The lowest BCUT2D eigenvalue weighted by Gasteiger charge is -2.20. The van der Waals surface area contributed by atoms with Gasteiger partial charge < -0.3 is 11.1 Å². The first-order valence-electron chi connectivity index (χ1n) is 5.76. The van der Waals surface area contributed by atoms with Gasteiger partial charge in [0.2, 0.25) is 5.91 Å². The molecule has 0 spiro atoms. The van der Waals surface area contributed by atoms with E-state index in [4.69, 9.17) is 5.73 Å². The van der Waals surface area contributed by atoms with E-state index in [0.29, 0.717) is 12.5 Å². The molecule has 1 aliphatic heterocycles. The second-order valence-electron chi connectivity index (χ2n) is 4.88. The molecule has 3 N–H and O–H groups in total. The van der Waals surface area contributed by atoms with E-state index in [0.717, 1.165) is 19.5 Å². The molecule has 1 saturated heterocycles. The molecule has 0 aromatic heterocycles. The van der Waals surface area contributed by atoms with E-state index >= 15 is 0 Å². The highest BCUT2D eigenvalue weighted by Gasteiger charge is 2.21. The third-order valence-electron chi connectivity index (χ3n) is 3.06. The van der Waals surface area contributed by atoms with Crippen molar-refractivity contribution < 1.29 is 4.79 Å². The molecule has 15 heavy (non-hydrogen) atoms. The molecule has 0 radical (unpaired) electrons. The molecule has 1 heterocycles. The lowest BCUT2D eigenvalue weighted by atomic mass is 10.1. The highest BCUT2D eigenvalue weighted by atomic mass is 16.2. The third-order valence-corrected chi connectivity index (χ3v) is 3.06. The molecule has 0 bridgehead atoms. The number of rotatable bonds is 4. The molecule has 1 unspecified atom stereocenters. The smallest absolute Gasteiger partial charge is 0.234 e. The van der Waals surface area contributed by atoms with Gasteiger partial charge in [-0.15, -0.1) is 0 Å². The lowest BCUT2D eigenvalue weighted by molar-refractivity contribution is -0.122. The van der Waals surface area contributed by atoms with Gasteiger partial charge in [0.1, 0.15) is 0 Å². The van der Waals surface area contributed by atoms with E-state index in [1.54, 1.807) is 0 Å².